The largest absolute Gasteiger partial charge is 0.477 e. The van der Waals surface area contributed by atoms with E-state index in [-0.39, 0.29) is 10.7 Å². The Morgan fingerprint density at radius 3 is 2.67 bits per heavy atom. The van der Waals surface area contributed by atoms with Crippen LogP contribution >= 0.6 is 11.3 Å². The fraction of sp³-hybridized carbons (Fsp3) is 0.167. The first-order valence-electron chi connectivity index (χ1n) is 5.21. The Morgan fingerprint density at radius 1 is 1.44 bits per heavy atom. The van der Waals surface area contributed by atoms with Crippen LogP contribution in [-0.4, -0.2) is 23.1 Å². The molecule has 2 aromatic rings. The number of carboxylic acids is 1. The summed E-state index contributed by atoms with van der Waals surface area (Å²) >= 11 is 1.11. The third-order valence-corrected chi connectivity index (χ3v) is 3.46. The Bertz CT molecular complexity index is 553. The molecule has 0 saturated heterocycles. The van der Waals surface area contributed by atoms with Crippen molar-refractivity contribution in [1.29, 1.82) is 0 Å². The fourth-order valence-electron chi connectivity index (χ4n) is 1.47. The zero-order valence-corrected chi connectivity index (χ0v) is 10.4. The monoisotopic (exact) mass is 266 g/mol. The van der Waals surface area contributed by atoms with Crippen LogP contribution in [0.25, 0.3) is 0 Å². The first-order chi connectivity index (χ1) is 8.56. The Balaban J connectivity index is 2.09. The highest BCUT2D eigenvalue weighted by Gasteiger charge is 2.11. The number of benzene rings is 1. The number of rotatable bonds is 4. The summed E-state index contributed by atoms with van der Waals surface area (Å²) in [4.78, 5) is 16.8. The number of aromatic nitrogens is 1. The molecule has 0 atom stereocenters. The molecule has 0 fully saturated rings. The molecule has 2 rings (SSSR count). The van der Waals surface area contributed by atoms with Crippen LogP contribution in [0.5, 0.6) is 0 Å². The van der Waals surface area contributed by atoms with Gasteiger partial charge < -0.3 is 10.0 Å². The maximum atomic E-state index is 12.8. The van der Waals surface area contributed by atoms with Crippen LogP contribution in [0.4, 0.5) is 9.52 Å². The summed E-state index contributed by atoms with van der Waals surface area (Å²) in [5, 5.41) is 9.43. The second-order valence-electron chi connectivity index (χ2n) is 3.79. The topological polar surface area (TPSA) is 53.4 Å². The van der Waals surface area contributed by atoms with Gasteiger partial charge in [0.15, 0.2) is 5.13 Å². The Labute approximate surface area is 107 Å². The average Bonchev–Trinajstić information content (AvgIpc) is 2.81. The summed E-state index contributed by atoms with van der Waals surface area (Å²) in [5.41, 5.74) is 0.936. The van der Waals surface area contributed by atoms with E-state index in [0.29, 0.717) is 11.7 Å². The van der Waals surface area contributed by atoms with Crippen molar-refractivity contribution in [3.8, 4) is 0 Å². The number of carboxylic acid groups (broad SMARTS) is 1. The molecule has 0 unspecified atom stereocenters. The Kier molecular flexibility index (Phi) is 3.57. The summed E-state index contributed by atoms with van der Waals surface area (Å²) in [6, 6.07) is 6.18. The van der Waals surface area contributed by atoms with Gasteiger partial charge in [-0.1, -0.05) is 23.5 Å². The molecule has 1 N–H and O–H groups in total. The zero-order chi connectivity index (χ0) is 13.1. The van der Waals surface area contributed by atoms with Gasteiger partial charge in [-0.3, -0.25) is 0 Å². The standard InChI is InChI=1S/C12H11FN2O2S/c1-15(7-8-2-4-9(13)5-3-8)12-14-6-10(18-12)11(16)17/h2-6H,7H2,1H3,(H,16,17). The highest BCUT2D eigenvalue weighted by Crippen LogP contribution is 2.22. The molecule has 6 heteroatoms. The van der Waals surface area contributed by atoms with Gasteiger partial charge in [0.1, 0.15) is 10.7 Å². The molecule has 0 amide bonds. The van der Waals surface area contributed by atoms with E-state index in [9.17, 15) is 9.18 Å². The lowest BCUT2D eigenvalue weighted by Crippen LogP contribution is -2.15. The fourth-order valence-corrected chi connectivity index (χ4v) is 2.19. The average molecular weight is 266 g/mol. The highest BCUT2D eigenvalue weighted by molar-refractivity contribution is 7.17. The highest BCUT2D eigenvalue weighted by atomic mass is 32.1. The van der Waals surface area contributed by atoms with Gasteiger partial charge in [0, 0.05) is 13.6 Å². The van der Waals surface area contributed by atoms with Crippen molar-refractivity contribution in [2.24, 2.45) is 0 Å². The summed E-state index contributed by atoms with van der Waals surface area (Å²) in [5.74, 6) is -1.25. The first kappa shape index (κ1) is 12.5. The molecule has 1 heterocycles. The Morgan fingerprint density at radius 2 is 2.11 bits per heavy atom. The van der Waals surface area contributed by atoms with Gasteiger partial charge in [-0.05, 0) is 17.7 Å². The molecule has 18 heavy (non-hydrogen) atoms. The van der Waals surface area contributed by atoms with Gasteiger partial charge in [-0.2, -0.15) is 0 Å². The van der Waals surface area contributed by atoms with Crippen LogP contribution in [0.1, 0.15) is 15.2 Å². The Hall–Kier alpha value is -1.95. The van der Waals surface area contributed by atoms with Crippen LogP contribution in [0, 0.1) is 5.82 Å². The molecule has 0 bridgehead atoms. The van der Waals surface area contributed by atoms with E-state index < -0.39 is 5.97 Å². The molecule has 4 nitrogen and oxygen atoms in total. The zero-order valence-electron chi connectivity index (χ0n) is 9.63. The quantitative estimate of drug-likeness (QED) is 0.924. The summed E-state index contributed by atoms with van der Waals surface area (Å²) in [7, 11) is 1.81. The van der Waals surface area contributed by atoms with E-state index >= 15 is 0 Å². The van der Waals surface area contributed by atoms with E-state index in [1.54, 1.807) is 12.1 Å². The van der Waals surface area contributed by atoms with Crippen LogP contribution in [-0.2, 0) is 6.54 Å². The SMILES string of the molecule is CN(Cc1ccc(F)cc1)c1ncc(C(=O)O)s1. The lowest BCUT2D eigenvalue weighted by atomic mass is 10.2. The van der Waals surface area contributed by atoms with Gasteiger partial charge in [0.05, 0.1) is 6.20 Å². The minimum atomic E-state index is -0.978. The molecule has 0 aliphatic rings. The smallest absolute Gasteiger partial charge is 0.347 e. The summed E-state index contributed by atoms with van der Waals surface area (Å²) in [6.07, 6.45) is 1.34. The van der Waals surface area contributed by atoms with Crippen molar-refractivity contribution in [2.75, 3.05) is 11.9 Å². The van der Waals surface area contributed by atoms with Gasteiger partial charge in [0.25, 0.3) is 0 Å². The molecule has 94 valence electrons. The summed E-state index contributed by atoms with van der Waals surface area (Å²) < 4.78 is 12.8. The predicted octanol–water partition coefficient (Wildman–Crippen LogP) is 2.62. The first-order valence-corrected chi connectivity index (χ1v) is 6.02. The van der Waals surface area contributed by atoms with Gasteiger partial charge in [-0.25, -0.2) is 14.2 Å². The van der Waals surface area contributed by atoms with Crippen LogP contribution in [0.15, 0.2) is 30.5 Å². The van der Waals surface area contributed by atoms with Gasteiger partial charge >= 0.3 is 5.97 Å². The number of nitrogens with zero attached hydrogens (tertiary/aromatic N) is 2. The van der Waals surface area contributed by atoms with Gasteiger partial charge in [-0.15, -0.1) is 0 Å². The molecule has 0 radical (unpaired) electrons. The lowest BCUT2D eigenvalue weighted by Gasteiger charge is -2.15. The lowest BCUT2D eigenvalue weighted by molar-refractivity contribution is 0.0702. The van der Waals surface area contributed by atoms with Crippen molar-refractivity contribution in [1.82, 2.24) is 4.98 Å². The van der Waals surface area contributed by atoms with E-state index in [4.69, 9.17) is 5.11 Å². The molecule has 0 saturated carbocycles. The van der Waals surface area contributed by atoms with Crippen LogP contribution in [0.2, 0.25) is 0 Å². The number of halogens is 1. The molecule has 1 aromatic carbocycles. The van der Waals surface area contributed by atoms with Crippen molar-refractivity contribution in [3.05, 3.63) is 46.7 Å². The van der Waals surface area contributed by atoms with Crippen molar-refractivity contribution < 1.29 is 14.3 Å². The number of carbonyl (C=O) groups is 1. The maximum Gasteiger partial charge on any atom is 0.347 e. The molecule has 1 aromatic heterocycles. The minimum absolute atomic E-state index is 0.205. The third kappa shape index (κ3) is 2.84. The number of aromatic carboxylic acids is 1. The summed E-state index contributed by atoms with van der Waals surface area (Å²) in [6.45, 7) is 0.548. The van der Waals surface area contributed by atoms with Crippen molar-refractivity contribution in [3.63, 3.8) is 0 Å². The molecule has 0 spiro atoms. The number of anilines is 1. The maximum absolute atomic E-state index is 12.8. The second-order valence-corrected chi connectivity index (χ2v) is 4.80. The van der Waals surface area contributed by atoms with Crippen molar-refractivity contribution >= 4 is 22.4 Å². The van der Waals surface area contributed by atoms with E-state index in [1.165, 1.54) is 18.3 Å². The third-order valence-electron chi connectivity index (χ3n) is 2.36. The number of hydrogen-bond acceptors (Lipinski definition) is 4. The normalized spacial score (nSPS) is 10.3. The van der Waals surface area contributed by atoms with Crippen LogP contribution in [0.3, 0.4) is 0 Å². The number of hydrogen-bond donors (Lipinski definition) is 1. The predicted molar refractivity (Wildman–Crippen MR) is 67.6 cm³/mol. The van der Waals surface area contributed by atoms with Crippen LogP contribution < -0.4 is 4.90 Å². The molecular formula is C12H11FN2O2S. The molecule has 0 aliphatic carbocycles. The van der Waals surface area contributed by atoms with E-state index in [2.05, 4.69) is 4.98 Å². The van der Waals surface area contributed by atoms with Gasteiger partial charge in [0.2, 0.25) is 0 Å². The molecule has 0 aliphatic heterocycles. The van der Waals surface area contributed by atoms with Crippen molar-refractivity contribution in [2.45, 2.75) is 6.54 Å². The van der Waals surface area contributed by atoms with E-state index in [0.717, 1.165) is 16.9 Å². The molecular weight excluding hydrogens is 255 g/mol. The minimum Gasteiger partial charge on any atom is -0.477 e. The number of thiazole rings is 1. The second kappa shape index (κ2) is 5.14. The van der Waals surface area contributed by atoms with E-state index in [1.807, 2.05) is 11.9 Å².